The molecule has 1 amide bonds. The van der Waals surface area contributed by atoms with Gasteiger partial charge in [-0.25, -0.2) is 4.98 Å². The van der Waals surface area contributed by atoms with E-state index in [2.05, 4.69) is 41.0 Å². The van der Waals surface area contributed by atoms with Gasteiger partial charge in [0.25, 0.3) is 11.7 Å². The van der Waals surface area contributed by atoms with Gasteiger partial charge in [0, 0.05) is 32.4 Å². The van der Waals surface area contributed by atoms with Gasteiger partial charge in [0.15, 0.2) is 0 Å². The lowest BCUT2D eigenvalue weighted by atomic mass is 10.1. The van der Waals surface area contributed by atoms with Crippen molar-refractivity contribution in [2.75, 3.05) is 38.2 Å². The summed E-state index contributed by atoms with van der Waals surface area (Å²) in [6.07, 6.45) is 4.71. The Bertz CT molecular complexity index is 1330. The largest absolute Gasteiger partial charge is 0.494 e. The van der Waals surface area contributed by atoms with Crippen molar-refractivity contribution in [1.29, 1.82) is 0 Å². The Balaban J connectivity index is 1.32. The Kier molecular flexibility index (Phi) is 5.55. The number of halogens is 1. The molecule has 11 heteroatoms. The van der Waals surface area contributed by atoms with E-state index in [0.717, 1.165) is 5.69 Å². The number of methoxy groups -OCH3 is 1. The summed E-state index contributed by atoms with van der Waals surface area (Å²) in [5.41, 5.74) is 1.83. The van der Waals surface area contributed by atoms with Crippen LogP contribution in [0.4, 0.5) is 5.95 Å². The molecule has 168 valence electrons. The van der Waals surface area contributed by atoms with Crippen molar-refractivity contribution in [3.05, 3.63) is 59.2 Å². The fourth-order valence-corrected chi connectivity index (χ4v) is 4.42. The van der Waals surface area contributed by atoms with Crippen LogP contribution < -0.4 is 9.64 Å². The van der Waals surface area contributed by atoms with E-state index in [1.165, 1.54) is 19.5 Å². The number of fused-ring (bicyclic) bond motifs is 1. The fraction of sp³-hybridized carbons (Fsp3) is 0.227. The summed E-state index contributed by atoms with van der Waals surface area (Å²) in [6.45, 7) is 1.88. The molecule has 5 rings (SSSR count). The van der Waals surface area contributed by atoms with Crippen molar-refractivity contribution in [2.45, 2.75) is 0 Å². The zero-order valence-corrected chi connectivity index (χ0v) is 19.3. The number of piperazine rings is 1. The van der Waals surface area contributed by atoms with Crippen molar-refractivity contribution >= 4 is 44.5 Å². The average Bonchev–Trinajstić information content (AvgIpc) is 3.53. The Morgan fingerprint density at radius 3 is 2.61 bits per heavy atom. The summed E-state index contributed by atoms with van der Waals surface area (Å²) >= 11 is 3.36. The lowest BCUT2D eigenvalue weighted by Gasteiger charge is -2.34. The minimum Gasteiger partial charge on any atom is -0.494 e. The minimum atomic E-state index is -0.585. The zero-order valence-electron chi connectivity index (χ0n) is 17.7. The smallest absolute Gasteiger partial charge is 0.295 e. The third-order valence-corrected chi connectivity index (χ3v) is 6.30. The molecule has 1 N–H and O–H groups in total. The number of hydrogen-bond acceptors (Lipinski definition) is 7. The lowest BCUT2D eigenvalue weighted by molar-refractivity contribution is -0.126. The number of aromatic amines is 1. The molecule has 10 nitrogen and oxygen atoms in total. The van der Waals surface area contributed by atoms with Gasteiger partial charge < -0.3 is 19.5 Å². The maximum atomic E-state index is 13.1. The molecule has 1 saturated heterocycles. The van der Waals surface area contributed by atoms with E-state index in [1.807, 2.05) is 34.9 Å². The normalized spacial score (nSPS) is 14.0. The van der Waals surface area contributed by atoms with Crippen LogP contribution in [-0.2, 0) is 4.79 Å². The number of pyridine rings is 1. The summed E-state index contributed by atoms with van der Waals surface area (Å²) in [6, 6.07) is 9.82. The van der Waals surface area contributed by atoms with Crippen molar-refractivity contribution in [3.63, 3.8) is 0 Å². The molecule has 0 atom stereocenters. The third kappa shape index (κ3) is 3.74. The van der Waals surface area contributed by atoms with Gasteiger partial charge in [-0.1, -0.05) is 18.2 Å². The first-order valence-electron chi connectivity index (χ1n) is 10.3. The molecule has 0 bridgehead atoms. The molecule has 1 fully saturated rings. The monoisotopic (exact) mass is 509 g/mol. The molecule has 0 radical (unpaired) electrons. The predicted octanol–water partition coefficient (Wildman–Crippen LogP) is 2.45. The number of nitrogens with zero attached hydrogens (tertiary/aromatic N) is 6. The van der Waals surface area contributed by atoms with E-state index in [1.54, 1.807) is 11.2 Å². The van der Waals surface area contributed by atoms with Crippen molar-refractivity contribution in [1.82, 2.24) is 29.6 Å². The summed E-state index contributed by atoms with van der Waals surface area (Å²) in [5.74, 6) is 0.00243. The van der Waals surface area contributed by atoms with E-state index in [9.17, 15) is 9.59 Å². The first-order chi connectivity index (χ1) is 16.1. The molecule has 1 aliphatic rings. The third-order valence-electron chi connectivity index (χ3n) is 5.70. The number of rotatable bonds is 5. The van der Waals surface area contributed by atoms with Gasteiger partial charge in [-0.2, -0.15) is 0 Å². The van der Waals surface area contributed by atoms with E-state index < -0.39 is 11.7 Å². The van der Waals surface area contributed by atoms with Crippen LogP contribution in [0.25, 0.3) is 16.6 Å². The molecule has 4 heterocycles. The number of Topliss-reactive ketones (excluding diaryl/α,β-unsaturated/α-hetero) is 1. The molecular weight excluding hydrogens is 490 g/mol. The molecule has 33 heavy (non-hydrogen) atoms. The SMILES string of the molecule is COc1cnc(Br)c2[nH]cc(C(=O)C(=O)N3CCN(c4nncn4-c4ccccc4)CC3)c12. The van der Waals surface area contributed by atoms with Crippen LogP contribution in [0.1, 0.15) is 10.4 Å². The Morgan fingerprint density at radius 2 is 1.88 bits per heavy atom. The number of amides is 1. The highest BCUT2D eigenvalue weighted by Gasteiger charge is 2.31. The molecule has 0 aliphatic carbocycles. The van der Waals surface area contributed by atoms with Gasteiger partial charge in [-0.15, -0.1) is 10.2 Å². The highest BCUT2D eigenvalue weighted by Crippen LogP contribution is 2.32. The van der Waals surface area contributed by atoms with Crippen molar-refractivity contribution < 1.29 is 14.3 Å². The predicted molar refractivity (Wildman–Crippen MR) is 125 cm³/mol. The second-order valence-electron chi connectivity index (χ2n) is 7.51. The zero-order chi connectivity index (χ0) is 22.9. The molecule has 0 spiro atoms. The molecule has 1 aliphatic heterocycles. The number of H-pyrrole nitrogens is 1. The first kappa shape index (κ1) is 21.1. The number of ether oxygens (including phenoxy) is 1. The molecule has 1 aromatic carbocycles. The fourth-order valence-electron chi connectivity index (χ4n) is 4.00. The number of nitrogens with one attached hydrogen (secondary N) is 1. The number of benzene rings is 1. The molecule has 4 aromatic rings. The topological polar surface area (TPSA) is 109 Å². The number of anilines is 1. The number of ketones is 1. The Morgan fingerprint density at radius 1 is 1.12 bits per heavy atom. The number of para-hydroxylation sites is 1. The summed E-state index contributed by atoms with van der Waals surface area (Å²) < 4.78 is 7.81. The van der Waals surface area contributed by atoms with Crippen LogP contribution >= 0.6 is 15.9 Å². The quantitative estimate of drug-likeness (QED) is 0.250. The van der Waals surface area contributed by atoms with Crippen LogP contribution in [0.15, 0.2) is 53.7 Å². The number of aromatic nitrogens is 5. The minimum absolute atomic E-state index is 0.265. The maximum absolute atomic E-state index is 13.1. The van der Waals surface area contributed by atoms with Gasteiger partial charge in [0.05, 0.1) is 35.5 Å². The van der Waals surface area contributed by atoms with Gasteiger partial charge in [0.2, 0.25) is 5.95 Å². The highest BCUT2D eigenvalue weighted by atomic mass is 79.9. The molecular formula is C22H20BrN7O3. The summed E-state index contributed by atoms with van der Waals surface area (Å²) in [4.78, 5) is 37.0. The summed E-state index contributed by atoms with van der Waals surface area (Å²) in [7, 11) is 1.50. The van der Waals surface area contributed by atoms with Gasteiger partial charge in [-0.05, 0) is 28.1 Å². The summed E-state index contributed by atoms with van der Waals surface area (Å²) in [5, 5.41) is 8.85. The first-order valence-corrected chi connectivity index (χ1v) is 11.1. The van der Waals surface area contributed by atoms with E-state index in [4.69, 9.17) is 4.74 Å². The van der Waals surface area contributed by atoms with Gasteiger partial charge in [-0.3, -0.25) is 14.2 Å². The maximum Gasteiger partial charge on any atom is 0.295 e. The van der Waals surface area contributed by atoms with Crippen LogP contribution in [0, 0.1) is 0 Å². The molecule has 0 saturated carbocycles. The van der Waals surface area contributed by atoms with Crippen LogP contribution in [0.5, 0.6) is 5.75 Å². The molecule has 0 unspecified atom stereocenters. The Hall–Kier alpha value is -3.73. The second-order valence-corrected chi connectivity index (χ2v) is 8.27. The van der Waals surface area contributed by atoms with Crippen molar-refractivity contribution in [3.8, 4) is 11.4 Å². The highest BCUT2D eigenvalue weighted by molar-refractivity contribution is 9.10. The van der Waals surface area contributed by atoms with E-state index in [-0.39, 0.29) is 5.56 Å². The van der Waals surface area contributed by atoms with Crippen LogP contribution in [0.3, 0.4) is 0 Å². The standard InChI is InChI=1S/C22H20BrN7O3/c1-33-16-12-25-20(23)18-17(16)15(11-24-18)19(31)21(32)28-7-9-29(10-8-28)22-27-26-13-30(22)14-5-3-2-4-6-14/h2-6,11-13,24H,7-10H2,1H3. The lowest BCUT2D eigenvalue weighted by Crippen LogP contribution is -2.51. The van der Waals surface area contributed by atoms with E-state index >= 15 is 0 Å². The number of carbonyl (C=O) groups excluding carboxylic acids is 2. The van der Waals surface area contributed by atoms with Crippen molar-refractivity contribution in [2.24, 2.45) is 0 Å². The second kappa shape index (κ2) is 8.66. The number of carbonyl (C=O) groups is 2. The van der Waals surface area contributed by atoms with Crippen LogP contribution in [0.2, 0.25) is 0 Å². The van der Waals surface area contributed by atoms with Gasteiger partial charge >= 0.3 is 0 Å². The molecule has 3 aromatic heterocycles. The van der Waals surface area contributed by atoms with E-state index in [0.29, 0.717) is 53.4 Å². The number of hydrogen-bond donors (Lipinski definition) is 1. The van der Waals surface area contributed by atoms with Crippen LogP contribution in [-0.4, -0.2) is 74.6 Å². The van der Waals surface area contributed by atoms with Gasteiger partial charge in [0.1, 0.15) is 16.7 Å². The Labute approximate surface area is 197 Å². The average molecular weight is 510 g/mol.